The van der Waals surface area contributed by atoms with Gasteiger partial charge in [0.25, 0.3) is 0 Å². The standard InChI is InChI=1S/C10H11NO/c1-2-10(12)4-3-9-5-7-11-8-6-9/h1,5-8,10,12H,3-4H2. The molecule has 0 fully saturated rings. The molecular weight excluding hydrogens is 150 g/mol. The number of aliphatic hydroxyl groups is 1. The Morgan fingerprint density at radius 3 is 2.75 bits per heavy atom. The minimum atomic E-state index is -0.627. The number of pyridine rings is 1. The van der Waals surface area contributed by atoms with E-state index in [0.717, 1.165) is 12.0 Å². The summed E-state index contributed by atoms with van der Waals surface area (Å²) in [5.41, 5.74) is 1.15. The van der Waals surface area contributed by atoms with Gasteiger partial charge in [-0.15, -0.1) is 6.42 Å². The molecule has 1 heterocycles. The van der Waals surface area contributed by atoms with Crippen LogP contribution in [0.4, 0.5) is 0 Å². The van der Waals surface area contributed by atoms with Crippen LogP contribution in [0.2, 0.25) is 0 Å². The normalized spacial score (nSPS) is 12.0. The summed E-state index contributed by atoms with van der Waals surface area (Å²) in [7, 11) is 0. The molecule has 0 aliphatic heterocycles. The molecule has 2 heteroatoms. The van der Waals surface area contributed by atoms with Crippen LogP contribution in [0.5, 0.6) is 0 Å². The van der Waals surface area contributed by atoms with Gasteiger partial charge in [0.2, 0.25) is 0 Å². The smallest absolute Gasteiger partial charge is 0.114 e. The Kier molecular flexibility index (Phi) is 3.31. The molecule has 2 nitrogen and oxygen atoms in total. The Labute approximate surface area is 72.3 Å². The highest BCUT2D eigenvalue weighted by Gasteiger charge is 1.98. The number of hydrogen-bond donors (Lipinski definition) is 1. The topological polar surface area (TPSA) is 33.1 Å². The van der Waals surface area contributed by atoms with Gasteiger partial charge in [-0.3, -0.25) is 4.98 Å². The lowest BCUT2D eigenvalue weighted by Gasteiger charge is -2.02. The van der Waals surface area contributed by atoms with E-state index in [1.54, 1.807) is 12.4 Å². The Balaban J connectivity index is 2.40. The van der Waals surface area contributed by atoms with E-state index in [0.29, 0.717) is 6.42 Å². The molecule has 0 saturated carbocycles. The predicted octanol–water partition coefficient (Wildman–Crippen LogP) is 1.01. The molecule has 1 aromatic heterocycles. The SMILES string of the molecule is C#CC(O)CCc1ccncc1. The zero-order valence-corrected chi connectivity index (χ0v) is 6.77. The van der Waals surface area contributed by atoms with Gasteiger partial charge < -0.3 is 5.11 Å². The lowest BCUT2D eigenvalue weighted by Crippen LogP contribution is -2.03. The average molecular weight is 161 g/mol. The quantitative estimate of drug-likeness (QED) is 0.671. The second-order valence-corrected chi connectivity index (χ2v) is 2.58. The molecule has 0 bridgehead atoms. The van der Waals surface area contributed by atoms with Crippen LogP contribution < -0.4 is 0 Å². The fourth-order valence-electron chi connectivity index (χ4n) is 0.936. The molecule has 0 aromatic carbocycles. The molecule has 0 saturated heterocycles. The molecule has 0 radical (unpaired) electrons. The first kappa shape index (κ1) is 8.76. The van der Waals surface area contributed by atoms with E-state index in [4.69, 9.17) is 11.5 Å². The van der Waals surface area contributed by atoms with Crippen molar-refractivity contribution >= 4 is 0 Å². The van der Waals surface area contributed by atoms with Crippen molar-refractivity contribution in [1.82, 2.24) is 4.98 Å². The summed E-state index contributed by atoms with van der Waals surface area (Å²) in [6, 6.07) is 3.84. The third-order valence-corrected chi connectivity index (χ3v) is 1.65. The van der Waals surface area contributed by atoms with E-state index in [9.17, 15) is 0 Å². The first-order valence-electron chi connectivity index (χ1n) is 3.86. The van der Waals surface area contributed by atoms with Crippen LogP contribution in [0, 0.1) is 12.3 Å². The number of terminal acetylenes is 1. The van der Waals surface area contributed by atoms with Crippen molar-refractivity contribution in [3.63, 3.8) is 0 Å². The molecule has 12 heavy (non-hydrogen) atoms. The molecule has 0 amide bonds. The van der Waals surface area contributed by atoms with Gasteiger partial charge >= 0.3 is 0 Å². The summed E-state index contributed by atoms with van der Waals surface area (Å²) >= 11 is 0. The van der Waals surface area contributed by atoms with Crippen LogP contribution in [0.25, 0.3) is 0 Å². The number of rotatable bonds is 3. The fourth-order valence-corrected chi connectivity index (χ4v) is 0.936. The highest BCUT2D eigenvalue weighted by atomic mass is 16.3. The minimum Gasteiger partial charge on any atom is -0.380 e. The summed E-state index contributed by atoms with van der Waals surface area (Å²) in [4.78, 5) is 3.89. The van der Waals surface area contributed by atoms with Gasteiger partial charge in [0.15, 0.2) is 0 Å². The summed E-state index contributed by atoms with van der Waals surface area (Å²) in [6.07, 6.45) is 9.28. The second kappa shape index (κ2) is 4.53. The second-order valence-electron chi connectivity index (χ2n) is 2.58. The number of aryl methyl sites for hydroxylation is 1. The highest BCUT2D eigenvalue weighted by Crippen LogP contribution is 2.02. The largest absolute Gasteiger partial charge is 0.380 e. The Morgan fingerprint density at radius 1 is 1.50 bits per heavy atom. The number of aromatic nitrogens is 1. The minimum absolute atomic E-state index is 0.612. The average Bonchev–Trinajstić information content (AvgIpc) is 2.16. The molecule has 1 aromatic rings. The van der Waals surface area contributed by atoms with E-state index in [-0.39, 0.29) is 0 Å². The molecule has 1 atom stereocenters. The van der Waals surface area contributed by atoms with E-state index in [1.807, 2.05) is 12.1 Å². The van der Waals surface area contributed by atoms with Crippen LogP contribution in [-0.2, 0) is 6.42 Å². The maximum absolute atomic E-state index is 9.07. The maximum Gasteiger partial charge on any atom is 0.114 e. The molecule has 1 unspecified atom stereocenters. The van der Waals surface area contributed by atoms with Crippen molar-refractivity contribution in [2.24, 2.45) is 0 Å². The van der Waals surface area contributed by atoms with Crippen molar-refractivity contribution in [2.45, 2.75) is 18.9 Å². The Hall–Kier alpha value is -1.33. The van der Waals surface area contributed by atoms with Gasteiger partial charge in [-0.2, -0.15) is 0 Å². The fraction of sp³-hybridized carbons (Fsp3) is 0.300. The van der Waals surface area contributed by atoms with E-state index < -0.39 is 6.10 Å². The van der Waals surface area contributed by atoms with Crippen LogP contribution in [-0.4, -0.2) is 16.2 Å². The van der Waals surface area contributed by atoms with Crippen LogP contribution in [0.3, 0.4) is 0 Å². The zero-order valence-electron chi connectivity index (χ0n) is 6.77. The van der Waals surface area contributed by atoms with Crippen molar-refractivity contribution < 1.29 is 5.11 Å². The lowest BCUT2D eigenvalue weighted by molar-refractivity contribution is 0.222. The van der Waals surface area contributed by atoms with Gasteiger partial charge in [0, 0.05) is 12.4 Å². The first-order chi connectivity index (χ1) is 5.83. The van der Waals surface area contributed by atoms with E-state index in [2.05, 4.69) is 10.9 Å². The van der Waals surface area contributed by atoms with Gasteiger partial charge in [0.1, 0.15) is 6.10 Å². The van der Waals surface area contributed by atoms with Crippen molar-refractivity contribution in [3.05, 3.63) is 30.1 Å². The summed E-state index contributed by atoms with van der Waals surface area (Å²) in [5.74, 6) is 2.28. The maximum atomic E-state index is 9.07. The predicted molar refractivity (Wildman–Crippen MR) is 47.4 cm³/mol. The monoisotopic (exact) mass is 161 g/mol. The van der Waals surface area contributed by atoms with E-state index in [1.165, 1.54) is 0 Å². The molecule has 1 N–H and O–H groups in total. The van der Waals surface area contributed by atoms with Crippen LogP contribution in [0.1, 0.15) is 12.0 Å². The van der Waals surface area contributed by atoms with Gasteiger partial charge in [-0.25, -0.2) is 0 Å². The number of hydrogen-bond acceptors (Lipinski definition) is 2. The number of nitrogens with zero attached hydrogens (tertiary/aromatic N) is 1. The molecule has 0 spiro atoms. The first-order valence-corrected chi connectivity index (χ1v) is 3.86. The number of aliphatic hydroxyl groups excluding tert-OH is 1. The van der Waals surface area contributed by atoms with Crippen LogP contribution in [0.15, 0.2) is 24.5 Å². The molecule has 0 aliphatic rings. The molecule has 1 rings (SSSR count). The summed E-state index contributed by atoms with van der Waals surface area (Å²) in [5, 5.41) is 9.07. The molecule has 62 valence electrons. The van der Waals surface area contributed by atoms with Crippen molar-refractivity contribution in [3.8, 4) is 12.3 Å². The third-order valence-electron chi connectivity index (χ3n) is 1.65. The van der Waals surface area contributed by atoms with E-state index >= 15 is 0 Å². The molecular formula is C10H11NO. The zero-order chi connectivity index (χ0) is 8.81. The third kappa shape index (κ3) is 2.73. The van der Waals surface area contributed by atoms with Gasteiger partial charge in [-0.05, 0) is 30.5 Å². The summed E-state index contributed by atoms with van der Waals surface area (Å²) < 4.78 is 0. The van der Waals surface area contributed by atoms with Gasteiger partial charge in [-0.1, -0.05) is 5.92 Å². The molecule has 0 aliphatic carbocycles. The lowest BCUT2D eigenvalue weighted by atomic mass is 10.1. The van der Waals surface area contributed by atoms with Crippen molar-refractivity contribution in [1.29, 1.82) is 0 Å². The van der Waals surface area contributed by atoms with Crippen molar-refractivity contribution in [2.75, 3.05) is 0 Å². The Morgan fingerprint density at radius 2 is 2.17 bits per heavy atom. The Bertz CT molecular complexity index is 263. The highest BCUT2D eigenvalue weighted by molar-refractivity contribution is 5.10. The van der Waals surface area contributed by atoms with Crippen LogP contribution >= 0.6 is 0 Å². The summed E-state index contributed by atoms with van der Waals surface area (Å²) in [6.45, 7) is 0. The van der Waals surface area contributed by atoms with Gasteiger partial charge in [0.05, 0.1) is 0 Å².